The quantitative estimate of drug-likeness (QED) is 0.397. The van der Waals surface area contributed by atoms with E-state index < -0.39 is 0 Å². The van der Waals surface area contributed by atoms with E-state index in [9.17, 15) is 0 Å². The van der Waals surface area contributed by atoms with Crippen LogP contribution < -0.4 is 5.73 Å². The SMILES string of the molecule is CC1(C)c2cc(-c3cccc4c3oc3ccccc34)ccc2C2=CC=C(N)CC21. The minimum atomic E-state index is 0.0534. The van der Waals surface area contributed by atoms with Crippen molar-refractivity contribution in [3.63, 3.8) is 0 Å². The summed E-state index contributed by atoms with van der Waals surface area (Å²) in [4.78, 5) is 0. The Balaban J connectivity index is 1.57. The fourth-order valence-corrected chi connectivity index (χ4v) is 5.31. The summed E-state index contributed by atoms with van der Waals surface area (Å²) in [6.07, 6.45) is 5.22. The highest BCUT2D eigenvalue weighted by Gasteiger charge is 2.43. The van der Waals surface area contributed by atoms with Crippen molar-refractivity contribution in [1.29, 1.82) is 0 Å². The third-order valence-electron chi connectivity index (χ3n) is 6.90. The lowest BCUT2D eigenvalue weighted by Crippen LogP contribution is -2.26. The Bertz CT molecular complexity index is 1370. The van der Waals surface area contributed by atoms with Gasteiger partial charge < -0.3 is 10.2 Å². The summed E-state index contributed by atoms with van der Waals surface area (Å²) in [6.45, 7) is 4.70. The molecule has 0 saturated heterocycles. The molecule has 4 aromatic rings. The second-order valence-electron chi connectivity index (χ2n) is 8.88. The molecule has 0 amide bonds. The lowest BCUT2D eigenvalue weighted by molar-refractivity contribution is 0.407. The van der Waals surface area contributed by atoms with Crippen LogP contribution in [0.3, 0.4) is 0 Å². The van der Waals surface area contributed by atoms with Crippen LogP contribution in [-0.4, -0.2) is 0 Å². The number of hydrogen-bond acceptors (Lipinski definition) is 2. The number of para-hydroxylation sites is 2. The number of furan rings is 1. The fraction of sp³-hybridized carbons (Fsp3) is 0.185. The van der Waals surface area contributed by atoms with Crippen LogP contribution in [0.25, 0.3) is 38.6 Å². The second-order valence-corrected chi connectivity index (χ2v) is 8.88. The number of allylic oxidation sites excluding steroid dienone is 4. The highest BCUT2D eigenvalue weighted by molar-refractivity contribution is 6.09. The molecule has 0 spiro atoms. The van der Waals surface area contributed by atoms with E-state index in [2.05, 4.69) is 74.5 Å². The smallest absolute Gasteiger partial charge is 0.143 e. The average Bonchev–Trinajstić information content (AvgIpc) is 3.21. The lowest BCUT2D eigenvalue weighted by atomic mass is 9.74. The Labute approximate surface area is 170 Å². The molecular weight excluding hydrogens is 354 g/mol. The molecule has 1 atom stereocenters. The van der Waals surface area contributed by atoms with Gasteiger partial charge in [-0.1, -0.05) is 68.5 Å². The van der Waals surface area contributed by atoms with Crippen molar-refractivity contribution in [2.24, 2.45) is 11.7 Å². The van der Waals surface area contributed by atoms with Gasteiger partial charge in [-0.05, 0) is 58.2 Å². The van der Waals surface area contributed by atoms with Gasteiger partial charge >= 0.3 is 0 Å². The van der Waals surface area contributed by atoms with Gasteiger partial charge in [-0.15, -0.1) is 0 Å². The average molecular weight is 377 g/mol. The predicted octanol–water partition coefficient (Wildman–Crippen LogP) is 6.79. The summed E-state index contributed by atoms with van der Waals surface area (Å²) >= 11 is 0. The van der Waals surface area contributed by atoms with Gasteiger partial charge in [-0.25, -0.2) is 0 Å². The van der Waals surface area contributed by atoms with Crippen LogP contribution in [0.5, 0.6) is 0 Å². The number of rotatable bonds is 1. The Kier molecular flexibility index (Phi) is 3.24. The molecule has 0 aliphatic heterocycles. The molecule has 2 nitrogen and oxygen atoms in total. The zero-order valence-electron chi connectivity index (χ0n) is 16.7. The summed E-state index contributed by atoms with van der Waals surface area (Å²) in [5.74, 6) is 0.444. The van der Waals surface area contributed by atoms with Crippen molar-refractivity contribution in [1.82, 2.24) is 0 Å². The molecule has 0 radical (unpaired) electrons. The predicted molar refractivity (Wildman–Crippen MR) is 121 cm³/mol. The van der Waals surface area contributed by atoms with E-state index >= 15 is 0 Å². The fourth-order valence-electron chi connectivity index (χ4n) is 5.31. The zero-order valence-corrected chi connectivity index (χ0v) is 16.7. The maximum atomic E-state index is 6.28. The standard InChI is InChI=1S/C27H23NO/c1-27(2)23-14-16(10-12-19(23)20-13-11-17(28)15-24(20)27)18-7-5-8-22-21-6-3-4-9-25(21)29-26(18)22/h3-14,24H,15,28H2,1-2H3. The van der Waals surface area contributed by atoms with Crippen LogP contribution in [0.4, 0.5) is 0 Å². The maximum Gasteiger partial charge on any atom is 0.143 e. The van der Waals surface area contributed by atoms with Crippen molar-refractivity contribution in [2.45, 2.75) is 25.7 Å². The molecule has 2 aliphatic carbocycles. The molecule has 0 bridgehead atoms. The molecule has 2 N–H and O–H groups in total. The summed E-state index contributed by atoms with van der Waals surface area (Å²) in [5.41, 5.74) is 15.7. The Morgan fingerprint density at radius 1 is 0.897 bits per heavy atom. The van der Waals surface area contributed by atoms with Crippen molar-refractivity contribution in [3.8, 4) is 11.1 Å². The summed E-state index contributed by atoms with van der Waals surface area (Å²) in [6, 6.07) is 21.6. The van der Waals surface area contributed by atoms with E-state index in [1.165, 1.54) is 33.0 Å². The molecule has 3 aromatic carbocycles. The molecule has 2 aliphatic rings. The first-order valence-corrected chi connectivity index (χ1v) is 10.3. The Morgan fingerprint density at radius 2 is 1.72 bits per heavy atom. The number of nitrogens with two attached hydrogens (primary N) is 1. The second kappa shape index (κ2) is 5.64. The van der Waals surface area contributed by atoms with Crippen LogP contribution in [-0.2, 0) is 5.41 Å². The van der Waals surface area contributed by atoms with Crippen LogP contribution >= 0.6 is 0 Å². The van der Waals surface area contributed by atoms with E-state index in [1.54, 1.807) is 0 Å². The van der Waals surface area contributed by atoms with Gasteiger partial charge in [-0.2, -0.15) is 0 Å². The van der Waals surface area contributed by atoms with Gasteiger partial charge in [0.05, 0.1) is 0 Å². The number of fused-ring (bicyclic) bond motifs is 6. The van der Waals surface area contributed by atoms with E-state index in [-0.39, 0.29) is 5.41 Å². The van der Waals surface area contributed by atoms with Crippen molar-refractivity contribution < 1.29 is 4.42 Å². The minimum Gasteiger partial charge on any atom is -0.455 e. The van der Waals surface area contributed by atoms with E-state index in [1.807, 2.05) is 12.1 Å². The van der Waals surface area contributed by atoms with Gasteiger partial charge in [0.25, 0.3) is 0 Å². The normalized spacial score (nSPS) is 19.7. The largest absolute Gasteiger partial charge is 0.455 e. The highest BCUT2D eigenvalue weighted by atomic mass is 16.3. The molecule has 1 heterocycles. The van der Waals surface area contributed by atoms with Gasteiger partial charge in [0.15, 0.2) is 0 Å². The van der Waals surface area contributed by atoms with Gasteiger partial charge in [-0.3, -0.25) is 0 Å². The third kappa shape index (κ3) is 2.23. The van der Waals surface area contributed by atoms with Crippen molar-refractivity contribution in [3.05, 3.63) is 89.6 Å². The number of hydrogen-bond donors (Lipinski definition) is 1. The summed E-state index contributed by atoms with van der Waals surface area (Å²) < 4.78 is 6.28. The Hall–Kier alpha value is -3.26. The minimum absolute atomic E-state index is 0.0534. The molecule has 29 heavy (non-hydrogen) atoms. The molecule has 142 valence electrons. The first kappa shape index (κ1) is 16.7. The summed E-state index contributed by atoms with van der Waals surface area (Å²) in [5, 5.41) is 2.34. The first-order valence-electron chi connectivity index (χ1n) is 10.3. The molecule has 0 saturated carbocycles. The highest BCUT2D eigenvalue weighted by Crippen LogP contribution is 2.54. The van der Waals surface area contributed by atoms with Crippen LogP contribution in [0.1, 0.15) is 31.4 Å². The van der Waals surface area contributed by atoms with E-state index in [0.29, 0.717) is 5.92 Å². The molecule has 1 unspecified atom stereocenters. The van der Waals surface area contributed by atoms with Gasteiger partial charge in [0.2, 0.25) is 0 Å². The van der Waals surface area contributed by atoms with Crippen LogP contribution in [0.15, 0.2) is 82.9 Å². The number of benzene rings is 3. The lowest BCUT2D eigenvalue weighted by Gasteiger charge is -2.30. The topological polar surface area (TPSA) is 39.2 Å². The molecule has 1 aromatic heterocycles. The van der Waals surface area contributed by atoms with Crippen LogP contribution in [0, 0.1) is 5.92 Å². The Morgan fingerprint density at radius 3 is 2.62 bits per heavy atom. The molecule has 2 heteroatoms. The monoisotopic (exact) mass is 377 g/mol. The van der Waals surface area contributed by atoms with E-state index in [4.69, 9.17) is 10.2 Å². The van der Waals surface area contributed by atoms with Crippen molar-refractivity contribution >= 4 is 27.5 Å². The van der Waals surface area contributed by atoms with Gasteiger partial charge in [0.1, 0.15) is 11.2 Å². The molecule has 0 fully saturated rings. The van der Waals surface area contributed by atoms with Gasteiger partial charge in [0, 0.05) is 22.0 Å². The first-order chi connectivity index (χ1) is 14.0. The summed E-state index contributed by atoms with van der Waals surface area (Å²) in [7, 11) is 0. The van der Waals surface area contributed by atoms with Crippen molar-refractivity contribution in [2.75, 3.05) is 0 Å². The molecular formula is C27H23NO. The zero-order chi connectivity index (χ0) is 19.8. The van der Waals surface area contributed by atoms with E-state index in [0.717, 1.165) is 28.8 Å². The third-order valence-corrected chi connectivity index (χ3v) is 6.90. The molecule has 6 rings (SSSR count). The maximum absolute atomic E-state index is 6.28. The van der Waals surface area contributed by atoms with Crippen LogP contribution in [0.2, 0.25) is 0 Å².